The molecular weight excluding hydrogens is 190 g/mol. The Kier molecular flexibility index (Phi) is 3.90. The Morgan fingerprint density at radius 1 is 1.29 bits per heavy atom. The first-order chi connectivity index (χ1) is 6.95. The molecule has 1 saturated heterocycles. The number of nitrogens with one attached hydrogen (secondary N) is 1. The second-order valence-electron chi connectivity index (χ2n) is 3.74. The first-order valence-corrected chi connectivity index (χ1v) is 6.35. The molecule has 0 spiro atoms. The smallest absolute Gasteiger partial charge is 0.00755 e. The predicted molar refractivity (Wildman–Crippen MR) is 62.8 cm³/mol. The van der Waals surface area contributed by atoms with Crippen molar-refractivity contribution in [3.63, 3.8) is 0 Å². The fraction of sp³-hybridized carbons (Fsp3) is 0.500. The molecular formula is C12H17NS. The molecule has 1 fully saturated rings. The molecule has 1 atom stereocenters. The second kappa shape index (κ2) is 5.42. The molecule has 0 bridgehead atoms. The van der Waals surface area contributed by atoms with Crippen LogP contribution >= 0.6 is 11.8 Å². The van der Waals surface area contributed by atoms with Crippen LogP contribution < -0.4 is 5.32 Å². The van der Waals surface area contributed by atoms with E-state index < -0.39 is 0 Å². The van der Waals surface area contributed by atoms with E-state index in [1.165, 1.54) is 36.5 Å². The van der Waals surface area contributed by atoms with E-state index in [2.05, 4.69) is 35.6 Å². The maximum Gasteiger partial charge on any atom is 0.00755 e. The monoisotopic (exact) mass is 207 g/mol. The van der Waals surface area contributed by atoms with Crippen LogP contribution in [0.1, 0.15) is 19.3 Å². The minimum Gasteiger partial charge on any atom is -0.314 e. The van der Waals surface area contributed by atoms with Crippen molar-refractivity contribution >= 4 is 11.8 Å². The Labute approximate surface area is 90.3 Å². The fourth-order valence-electron chi connectivity index (χ4n) is 1.84. The van der Waals surface area contributed by atoms with Gasteiger partial charge in [-0.15, -0.1) is 11.8 Å². The molecule has 1 aromatic rings. The topological polar surface area (TPSA) is 12.0 Å². The lowest BCUT2D eigenvalue weighted by atomic mass is 10.2. The van der Waals surface area contributed by atoms with Crippen molar-refractivity contribution in [2.75, 3.05) is 12.3 Å². The van der Waals surface area contributed by atoms with E-state index in [9.17, 15) is 0 Å². The Morgan fingerprint density at radius 2 is 2.14 bits per heavy atom. The molecule has 0 aromatic heterocycles. The van der Waals surface area contributed by atoms with E-state index in [1.807, 2.05) is 11.8 Å². The van der Waals surface area contributed by atoms with E-state index in [1.54, 1.807) is 0 Å². The molecule has 0 aliphatic carbocycles. The van der Waals surface area contributed by atoms with Crippen molar-refractivity contribution in [1.82, 2.24) is 5.32 Å². The quantitative estimate of drug-likeness (QED) is 0.762. The molecule has 1 aromatic carbocycles. The Bertz CT molecular complexity index is 254. The van der Waals surface area contributed by atoms with Crippen LogP contribution in [0.4, 0.5) is 0 Å². The van der Waals surface area contributed by atoms with Gasteiger partial charge in [0.05, 0.1) is 0 Å². The average molecular weight is 207 g/mol. The van der Waals surface area contributed by atoms with Gasteiger partial charge in [0.2, 0.25) is 0 Å². The Hall–Kier alpha value is -0.470. The number of benzene rings is 1. The minimum absolute atomic E-state index is 0.784. The summed E-state index contributed by atoms with van der Waals surface area (Å²) in [5.41, 5.74) is 0. The summed E-state index contributed by atoms with van der Waals surface area (Å²) in [5, 5.41) is 3.53. The zero-order valence-electron chi connectivity index (χ0n) is 8.41. The van der Waals surface area contributed by atoms with Crippen molar-refractivity contribution in [2.24, 2.45) is 0 Å². The molecule has 1 N–H and O–H groups in total. The first-order valence-electron chi connectivity index (χ1n) is 5.36. The Morgan fingerprint density at radius 3 is 2.86 bits per heavy atom. The Balaban J connectivity index is 1.67. The molecule has 2 rings (SSSR count). The largest absolute Gasteiger partial charge is 0.314 e. The van der Waals surface area contributed by atoms with Gasteiger partial charge in [0.25, 0.3) is 0 Å². The van der Waals surface area contributed by atoms with Crippen LogP contribution in [-0.2, 0) is 0 Å². The summed E-state index contributed by atoms with van der Waals surface area (Å²) in [6, 6.07) is 11.4. The predicted octanol–water partition coefficient (Wildman–Crippen LogP) is 2.92. The van der Waals surface area contributed by atoms with Gasteiger partial charge in [-0.25, -0.2) is 0 Å². The summed E-state index contributed by atoms with van der Waals surface area (Å²) in [6.45, 7) is 1.22. The van der Waals surface area contributed by atoms with Crippen molar-refractivity contribution < 1.29 is 0 Å². The second-order valence-corrected chi connectivity index (χ2v) is 4.91. The number of hydrogen-bond donors (Lipinski definition) is 1. The summed E-state index contributed by atoms with van der Waals surface area (Å²) < 4.78 is 0. The SMILES string of the molecule is c1ccc(SCC[C@@H]2CCCN2)cc1. The molecule has 76 valence electrons. The van der Waals surface area contributed by atoms with Gasteiger partial charge in [0.15, 0.2) is 0 Å². The molecule has 0 amide bonds. The van der Waals surface area contributed by atoms with E-state index in [-0.39, 0.29) is 0 Å². The van der Waals surface area contributed by atoms with Crippen molar-refractivity contribution in [1.29, 1.82) is 0 Å². The fourth-order valence-corrected chi connectivity index (χ4v) is 2.83. The van der Waals surface area contributed by atoms with Gasteiger partial charge in [-0.3, -0.25) is 0 Å². The number of rotatable bonds is 4. The molecule has 1 nitrogen and oxygen atoms in total. The summed E-state index contributed by atoms with van der Waals surface area (Å²) in [5.74, 6) is 1.24. The highest BCUT2D eigenvalue weighted by Crippen LogP contribution is 2.20. The molecule has 2 heteroatoms. The zero-order valence-corrected chi connectivity index (χ0v) is 9.22. The molecule has 1 aliphatic heterocycles. The van der Waals surface area contributed by atoms with Crippen LogP contribution in [0.3, 0.4) is 0 Å². The van der Waals surface area contributed by atoms with Gasteiger partial charge in [0.1, 0.15) is 0 Å². The van der Waals surface area contributed by atoms with Crippen LogP contribution in [0.5, 0.6) is 0 Å². The van der Waals surface area contributed by atoms with Crippen LogP contribution in [0.15, 0.2) is 35.2 Å². The average Bonchev–Trinajstić information content (AvgIpc) is 2.72. The highest BCUT2D eigenvalue weighted by atomic mass is 32.2. The van der Waals surface area contributed by atoms with Gasteiger partial charge in [-0.1, -0.05) is 18.2 Å². The van der Waals surface area contributed by atoms with Crippen LogP contribution in [0.25, 0.3) is 0 Å². The van der Waals surface area contributed by atoms with Crippen molar-refractivity contribution in [3.05, 3.63) is 30.3 Å². The van der Waals surface area contributed by atoms with E-state index in [4.69, 9.17) is 0 Å². The number of thioether (sulfide) groups is 1. The normalized spacial score (nSPS) is 21.3. The maximum atomic E-state index is 3.53. The summed E-state index contributed by atoms with van der Waals surface area (Å²) in [6.07, 6.45) is 4.04. The third-order valence-electron chi connectivity index (χ3n) is 2.64. The third kappa shape index (κ3) is 3.03. The van der Waals surface area contributed by atoms with Crippen LogP contribution in [0, 0.1) is 0 Å². The van der Waals surface area contributed by atoms with Gasteiger partial charge in [-0.2, -0.15) is 0 Å². The third-order valence-corrected chi connectivity index (χ3v) is 3.69. The molecule has 0 unspecified atom stereocenters. The van der Waals surface area contributed by atoms with Gasteiger partial charge >= 0.3 is 0 Å². The lowest BCUT2D eigenvalue weighted by Crippen LogP contribution is -2.21. The molecule has 1 aliphatic rings. The molecule has 14 heavy (non-hydrogen) atoms. The summed E-state index contributed by atoms with van der Waals surface area (Å²) >= 11 is 1.97. The summed E-state index contributed by atoms with van der Waals surface area (Å²) in [4.78, 5) is 1.39. The summed E-state index contributed by atoms with van der Waals surface area (Å²) in [7, 11) is 0. The highest BCUT2D eigenvalue weighted by molar-refractivity contribution is 7.99. The van der Waals surface area contributed by atoms with Gasteiger partial charge in [-0.05, 0) is 43.7 Å². The van der Waals surface area contributed by atoms with E-state index in [0.29, 0.717) is 0 Å². The van der Waals surface area contributed by atoms with Crippen LogP contribution in [0.2, 0.25) is 0 Å². The number of hydrogen-bond acceptors (Lipinski definition) is 2. The van der Waals surface area contributed by atoms with Gasteiger partial charge in [0, 0.05) is 10.9 Å². The van der Waals surface area contributed by atoms with Crippen molar-refractivity contribution in [3.8, 4) is 0 Å². The van der Waals surface area contributed by atoms with Gasteiger partial charge < -0.3 is 5.32 Å². The lowest BCUT2D eigenvalue weighted by molar-refractivity contribution is 0.592. The zero-order chi connectivity index (χ0) is 9.64. The van der Waals surface area contributed by atoms with E-state index in [0.717, 1.165) is 6.04 Å². The van der Waals surface area contributed by atoms with E-state index >= 15 is 0 Å². The highest BCUT2D eigenvalue weighted by Gasteiger charge is 2.12. The van der Waals surface area contributed by atoms with Crippen molar-refractivity contribution in [2.45, 2.75) is 30.2 Å². The molecule has 0 saturated carbocycles. The molecule has 0 radical (unpaired) electrons. The minimum atomic E-state index is 0.784. The standard InChI is InChI=1S/C12H17NS/c1-2-6-12(7-3-1)14-10-8-11-5-4-9-13-11/h1-3,6-7,11,13H,4-5,8-10H2/t11-/m0/s1. The maximum absolute atomic E-state index is 3.53. The lowest BCUT2D eigenvalue weighted by Gasteiger charge is -2.08. The van der Waals surface area contributed by atoms with Crippen LogP contribution in [-0.4, -0.2) is 18.3 Å². The first kappa shape index (κ1) is 10.1. The molecule has 1 heterocycles.